The SMILES string of the molecule is c1ccc(-c2ccc3c(c2)B2Oc4ccccc4-c4cc(-c5ccc(-n6c7ccccc7c7ccccc76)cc5)cc(c42)O3)cc1. The molecule has 0 aliphatic carbocycles. The quantitative estimate of drug-likeness (QED) is 0.192. The van der Waals surface area contributed by atoms with E-state index in [1.54, 1.807) is 0 Å². The van der Waals surface area contributed by atoms with Gasteiger partial charge < -0.3 is 14.0 Å². The molecule has 0 fully saturated rings. The molecule has 4 heteroatoms. The third kappa shape index (κ3) is 3.74. The summed E-state index contributed by atoms with van der Waals surface area (Å²) in [6, 6.07) is 55.9. The lowest BCUT2D eigenvalue weighted by Crippen LogP contribution is -2.53. The second-order valence-electron chi connectivity index (χ2n) is 12.1. The van der Waals surface area contributed by atoms with Gasteiger partial charge in [0.05, 0.1) is 11.0 Å². The molecule has 1 aromatic heterocycles. The predicted octanol–water partition coefficient (Wildman–Crippen LogP) is 9.39. The molecule has 0 saturated heterocycles. The van der Waals surface area contributed by atoms with Gasteiger partial charge in [-0.1, -0.05) is 109 Å². The number of rotatable bonds is 3. The zero-order chi connectivity index (χ0) is 30.2. The van der Waals surface area contributed by atoms with Gasteiger partial charge in [-0.15, -0.1) is 0 Å². The zero-order valence-corrected chi connectivity index (χ0v) is 24.9. The van der Waals surface area contributed by atoms with Crippen molar-refractivity contribution in [3.05, 3.63) is 158 Å². The predicted molar refractivity (Wildman–Crippen MR) is 189 cm³/mol. The first-order valence-corrected chi connectivity index (χ1v) is 15.7. The van der Waals surface area contributed by atoms with Gasteiger partial charge in [-0.3, -0.25) is 0 Å². The van der Waals surface area contributed by atoms with Crippen LogP contribution in [0.5, 0.6) is 17.2 Å². The summed E-state index contributed by atoms with van der Waals surface area (Å²) in [6.07, 6.45) is 0. The Morgan fingerprint density at radius 1 is 0.435 bits per heavy atom. The second kappa shape index (κ2) is 9.75. The first-order valence-electron chi connectivity index (χ1n) is 15.7. The van der Waals surface area contributed by atoms with Crippen LogP contribution in [-0.4, -0.2) is 11.5 Å². The Bertz CT molecular complexity index is 2430. The van der Waals surface area contributed by atoms with Crippen molar-refractivity contribution < 1.29 is 9.39 Å². The van der Waals surface area contributed by atoms with E-state index in [-0.39, 0.29) is 6.92 Å². The molecule has 46 heavy (non-hydrogen) atoms. The molecule has 0 spiro atoms. The molecule has 0 atom stereocenters. The summed E-state index contributed by atoms with van der Waals surface area (Å²) in [5.41, 5.74) is 12.5. The maximum Gasteiger partial charge on any atom is 0.434 e. The highest BCUT2D eigenvalue weighted by Crippen LogP contribution is 2.42. The van der Waals surface area contributed by atoms with Crippen molar-refractivity contribution in [2.24, 2.45) is 0 Å². The lowest BCUT2D eigenvalue weighted by molar-refractivity contribution is 0.479. The Balaban J connectivity index is 1.10. The van der Waals surface area contributed by atoms with Crippen LogP contribution in [0.1, 0.15) is 0 Å². The van der Waals surface area contributed by atoms with E-state index in [1.807, 2.05) is 12.1 Å². The smallest absolute Gasteiger partial charge is 0.434 e. The van der Waals surface area contributed by atoms with Gasteiger partial charge in [0.25, 0.3) is 0 Å². The molecule has 0 radical (unpaired) electrons. The van der Waals surface area contributed by atoms with E-state index in [0.29, 0.717) is 0 Å². The molecule has 0 unspecified atom stereocenters. The van der Waals surface area contributed by atoms with E-state index >= 15 is 0 Å². The van der Waals surface area contributed by atoms with Crippen molar-refractivity contribution in [3.63, 3.8) is 0 Å². The summed E-state index contributed by atoms with van der Waals surface area (Å²) < 4.78 is 15.8. The van der Waals surface area contributed by atoms with Crippen LogP contribution in [0.25, 0.3) is 60.9 Å². The molecule has 8 aromatic rings. The second-order valence-corrected chi connectivity index (χ2v) is 12.1. The van der Waals surface area contributed by atoms with E-state index in [2.05, 4.69) is 150 Å². The van der Waals surface area contributed by atoms with Gasteiger partial charge >= 0.3 is 6.92 Å². The van der Waals surface area contributed by atoms with Crippen LogP contribution >= 0.6 is 0 Å². The van der Waals surface area contributed by atoms with Crippen molar-refractivity contribution >= 4 is 39.6 Å². The van der Waals surface area contributed by atoms with Gasteiger partial charge in [-0.05, 0) is 76.3 Å². The van der Waals surface area contributed by atoms with Crippen molar-refractivity contribution in [2.75, 3.05) is 0 Å². The van der Waals surface area contributed by atoms with Crippen LogP contribution in [0.15, 0.2) is 158 Å². The number of benzene rings is 7. The van der Waals surface area contributed by atoms with Gasteiger partial charge in [0.1, 0.15) is 17.2 Å². The van der Waals surface area contributed by atoms with E-state index in [4.69, 9.17) is 9.39 Å². The number of nitrogens with zero attached hydrogens (tertiary/aromatic N) is 1. The highest BCUT2D eigenvalue weighted by molar-refractivity contribution is 6.84. The Morgan fingerprint density at radius 2 is 1.09 bits per heavy atom. The van der Waals surface area contributed by atoms with E-state index in [9.17, 15) is 0 Å². The monoisotopic (exact) mass is 587 g/mol. The molecular weight excluding hydrogens is 561 g/mol. The van der Waals surface area contributed by atoms with Gasteiger partial charge in [0, 0.05) is 32.9 Å². The van der Waals surface area contributed by atoms with Crippen LogP contribution in [0.4, 0.5) is 0 Å². The Labute approximate surface area is 267 Å². The van der Waals surface area contributed by atoms with E-state index in [0.717, 1.165) is 61.7 Å². The van der Waals surface area contributed by atoms with E-state index in [1.165, 1.54) is 27.4 Å². The number of hydrogen-bond donors (Lipinski definition) is 0. The highest BCUT2D eigenvalue weighted by Gasteiger charge is 2.41. The van der Waals surface area contributed by atoms with Crippen LogP contribution in [0.2, 0.25) is 0 Å². The number of fused-ring (bicyclic) bond motifs is 7. The van der Waals surface area contributed by atoms with Crippen LogP contribution < -0.4 is 20.3 Å². The van der Waals surface area contributed by atoms with Crippen LogP contribution in [0, 0.1) is 0 Å². The lowest BCUT2D eigenvalue weighted by atomic mass is 9.50. The molecule has 2 aliphatic rings. The fourth-order valence-corrected chi connectivity index (χ4v) is 7.35. The number of ether oxygens (including phenoxy) is 1. The number of para-hydroxylation sites is 3. The van der Waals surface area contributed by atoms with Crippen molar-refractivity contribution in [3.8, 4) is 56.3 Å². The van der Waals surface area contributed by atoms with Crippen LogP contribution in [0.3, 0.4) is 0 Å². The number of aromatic nitrogens is 1. The molecule has 3 heterocycles. The van der Waals surface area contributed by atoms with Crippen molar-refractivity contribution in [2.45, 2.75) is 0 Å². The summed E-state index contributed by atoms with van der Waals surface area (Å²) in [6.45, 7) is -0.251. The molecule has 0 saturated carbocycles. The van der Waals surface area contributed by atoms with Gasteiger partial charge in [-0.2, -0.15) is 0 Å². The summed E-state index contributed by atoms with van der Waals surface area (Å²) in [7, 11) is 0. The van der Waals surface area contributed by atoms with E-state index < -0.39 is 0 Å². The number of hydrogen-bond acceptors (Lipinski definition) is 2. The molecule has 0 N–H and O–H groups in total. The first-order chi connectivity index (χ1) is 22.8. The molecular formula is C42H26BNO2. The fraction of sp³-hybridized carbons (Fsp3) is 0. The normalized spacial score (nSPS) is 12.7. The molecule has 0 amide bonds. The van der Waals surface area contributed by atoms with Crippen molar-refractivity contribution in [1.29, 1.82) is 0 Å². The molecule has 0 bridgehead atoms. The highest BCUT2D eigenvalue weighted by atomic mass is 16.5. The molecule has 7 aromatic carbocycles. The lowest BCUT2D eigenvalue weighted by Gasteiger charge is -2.33. The molecule has 2 aliphatic heterocycles. The summed E-state index contributed by atoms with van der Waals surface area (Å²) in [4.78, 5) is 0. The fourth-order valence-electron chi connectivity index (χ4n) is 7.35. The van der Waals surface area contributed by atoms with Crippen molar-refractivity contribution in [1.82, 2.24) is 4.57 Å². The van der Waals surface area contributed by atoms with Gasteiger partial charge in [0.15, 0.2) is 0 Å². The van der Waals surface area contributed by atoms with Gasteiger partial charge in [0.2, 0.25) is 0 Å². The van der Waals surface area contributed by atoms with Gasteiger partial charge in [-0.25, -0.2) is 0 Å². The molecule has 3 nitrogen and oxygen atoms in total. The maximum absolute atomic E-state index is 6.75. The molecule has 214 valence electrons. The largest absolute Gasteiger partial charge is 0.551 e. The Hall–Kier alpha value is -6.00. The third-order valence-corrected chi connectivity index (χ3v) is 9.48. The minimum absolute atomic E-state index is 0.251. The Morgan fingerprint density at radius 3 is 1.87 bits per heavy atom. The summed E-state index contributed by atoms with van der Waals surface area (Å²) in [5, 5.41) is 2.53. The summed E-state index contributed by atoms with van der Waals surface area (Å²) in [5.74, 6) is 2.57. The standard InChI is InChI=1S/C42H26BNO2/c1-2-10-27(11-3-1)29-20-23-40-36(25-29)43-42-35(34-14-6-9-17-39(34)46-43)24-30(26-41(42)45-40)28-18-21-31(22-19-28)44-37-15-7-4-12-32(37)33-13-5-8-16-38(33)44/h1-26H. The third-order valence-electron chi connectivity index (χ3n) is 9.48. The zero-order valence-electron chi connectivity index (χ0n) is 24.9. The molecule has 10 rings (SSSR count). The average molecular weight is 587 g/mol. The minimum atomic E-state index is -0.251. The topological polar surface area (TPSA) is 23.4 Å². The minimum Gasteiger partial charge on any atom is -0.551 e. The first kappa shape index (κ1) is 25.3. The average Bonchev–Trinajstić information content (AvgIpc) is 3.46. The maximum atomic E-state index is 6.75. The summed E-state index contributed by atoms with van der Waals surface area (Å²) >= 11 is 0. The Kier molecular flexibility index (Phi) is 5.37. The van der Waals surface area contributed by atoms with Crippen LogP contribution in [-0.2, 0) is 0 Å².